The van der Waals surface area contributed by atoms with Crippen LogP contribution in [0.3, 0.4) is 0 Å². The summed E-state index contributed by atoms with van der Waals surface area (Å²) in [6.45, 7) is 4.08. The number of aromatic nitrogens is 1. The number of rotatable bonds is 3. The van der Waals surface area contributed by atoms with Gasteiger partial charge in [-0.15, -0.1) is 0 Å². The molecule has 1 aliphatic heterocycles. The SMILES string of the molecule is Cc1cc(C)c(CNC(=O)NC2CCOc3c(F)cccc32)c(=O)[nH]1. The molecular formula is C18H20FN3O3. The average Bonchev–Trinajstić information content (AvgIpc) is 2.55. The van der Waals surface area contributed by atoms with Gasteiger partial charge in [-0.1, -0.05) is 12.1 Å². The van der Waals surface area contributed by atoms with Crippen molar-refractivity contribution in [1.82, 2.24) is 15.6 Å². The summed E-state index contributed by atoms with van der Waals surface area (Å²) in [6, 6.07) is 5.75. The fourth-order valence-electron chi connectivity index (χ4n) is 3.02. The van der Waals surface area contributed by atoms with Gasteiger partial charge in [0.2, 0.25) is 0 Å². The Hall–Kier alpha value is -2.83. The Morgan fingerprint density at radius 2 is 2.20 bits per heavy atom. The van der Waals surface area contributed by atoms with Gasteiger partial charge < -0.3 is 20.4 Å². The Balaban J connectivity index is 1.67. The molecule has 132 valence electrons. The number of pyridine rings is 1. The number of aryl methyl sites for hydroxylation is 2. The lowest BCUT2D eigenvalue weighted by atomic mass is 10.0. The molecule has 3 rings (SSSR count). The minimum atomic E-state index is -0.439. The minimum absolute atomic E-state index is 0.118. The van der Waals surface area contributed by atoms with Gasteiger partial charge in [0.15, 0.2) is 11.6 Å². The molecule has 2 amide bonds. The van der Waals surface area contributed by atoms with Crippen LogP contribution in [0.5, 0.6) is 5.75 Å². The molecule has 0 saturated heterocycles. The molecule has 25 heavy (non-hydrogen) atoms. The topological polar surface area (TPSA) is 83.2 Å². The van der Waals surface area contributed by atoms with Crippen LogP contribution in [-0.4, -0.2) is 17.6 Å². The second-order valence-corrected chi connectivity index (χ2v) is 6.12. The molecule has 7 heteroatoms. The average molecular weight is 345 g/mol. The summed E-state index contributed by atoms with van der Waals surface area (Å²) in [5.74, 6) is -0.254. The molecule has 1 aromatic heterocycles. The van der Waals surface area contributed by atoms with Crippen molar-refractivity contribution in [3.63, 3.8) is 0 Å². The van der Waals surface area contributed by atoms with Gasteiger partial charge >= 0.3 is 6.03 Å². The third-order valence-corrected chi connectivity index (χ3v) is 4.25. The summed E-state index contributed by atoms with van der Waals surface area (Å²) in [7, 11) is 0. The predicted molar refractivity (Wildman–Crippen MR) is 91.2 cm³/mol. The Bertz CT molecular complexity index is 863. The number of urea groups is 1. The molecule has 0 fully saturated rings. The van der Waals surface area contributed by atoms with E-state index in [1.165, 1.54) is 6.07 Å². The van der Waals surface area contributed by atoms with Crippen molar-refractivity contribution in [3.8, 4) is 5.75 Å². The standard InChI is InChI=1S/C18H20FN3O3/c1-10-8-11(2)21-17(23)13(10)9-20-18(24)22-15-6-7-25-16-12(15)4-3-5-14(16)19/h3-5,8,15H,6-7,9H2,1-2H3,(H,21,23)(H2,20,22,24). The normalized spacial score (nSPS) is 15.9. The fraction of sp³-hybridized carbons (Fsp3) is 0.333. The van der Waals surface area contributed by atoms with Crippen LogP contribution < -0.4 is 20.9 Å². The maximum absolute atomic E-state index is 13.8. The molecule has 1 aliphatic rings. The number of nitrogens with one attached hydrogen (secondary N) is 3. The van der Waals surface area contributed by atoms with Crippen LogP contribution in [0.25, 0.3) is 0 Å². The number of ether oxygens (including phenoxy) is 1. The summed E-state index contributed by atoms with van der Waals surface area (Å²) < 4.78 is 19.1. The van der Waals surface area contributed by atoms with E-state index in [-0.39, 0.29) is 23.9 Å². The second-order valence-electron chi connectivity index (χ2n) is 6.12. The first-order chi connectivity index (χ1) is 12.0. The van der Waals surface area contributed by atoms with Crippen molar-refractivity contribution in [2.75, 3.05) is 6.61 Å². The van der Waals surface area contributed by atoms with Gasteiger partial charge in [0.05, 0.1) is 19.2 Å². The smallest absolute Gasteiger partial charge is 0.315 e. The van der Waals surface area contributed by atoms with Gasteiger partial charge in [-0.25, -0.2) is 9.18 Å². The van der Waals surface area contributed by atoms with Crippen LogP contribution >= 0.6 is 0 Å². The zero-order chi connectivity index (χ0) is 18.0. The van der Waals surface area contributed by atoms with Gasteiger partial charge in [0.25, 0.3) is 5.56 Å². The van der Waals surface area contributed by atoms with Crippen LogP contribution in [0, 0.1) is 19.7 Å². The number of H-pyrrole nitrogens is 1. The van der Waals surface area contributed by atoms with Gasteiger partial charge in [-0.2, -0.15) is 0 Å². The molecule has 0 aliphatic carbocycles. The summed E-state index contributed by atoms with van der Waals surface area (Å²) >= 11 is 0. The number of carbonyl (C=O) groups excluding carboxylic acids is 1. The maximum Gasteiger partial charge on any atom is 0.315 e. The largest absolute Gasteiger partial charge is 0.490 e. The van der Waals surface area contributed by atoms with E-state index in [9.17, 15) is 14.0 Å². The van der Waals surface area contributed by atoms with E-state index in [1.807, 2.05) is 13.0 Å². The molecule has 1 atom stereocenters. The number of hydrogen-bond donors (Lipinski definition) is 3. The molecule has 2 heterocycles. The molecule has 0 saturated carbocycles. The van der Waals surface area contributed by atoms with Gasteiger partial charge in [0.1, 0.15) is 0 Å². The minimum Gasteiger partial charge on any atom is -0.490 e. The zero-order valence-electron chi connectivity index (χ0n) is 14.1. The van der Waals surface area contributed by atoms with Gasteiger partial charge in [-0.3, -0.25) is 4.79 Å². The van der Waals surface area contributed by atoms with Crippen molar-refractivity contribution in [1.29, 1.82) is 0 Å². The first-order valence-electron chi connectivity index (χ1n) is 8.10. The summed E-state index contributed by atoms with van der Waals surface area (Å²) in [6.07, 6.45) is 0.550. The number of aromatic amines is 1. The third-order valence-electron chi connectivity index (χ3n) is 4.25. The van der Waals surface area contributed by atoms with E-state index in [2.05, 4.69) is 15.6 Å². The number of para-hydroxylation sites is 1. The molecule has 2 aromatic rings. The lowest BCUT2D eigenvalue weighted by molar-refractivity contribution is 0.219. The van der Waals surface area contributed by atoms with Crippen LogP contribution in [0.2, 0.25) is 0 Å². The highest BCUT2D eigenvalue weighted by Gasteiger charge is 2.25. The van der Waals surface area contributed by atoms with E-state index in [4.69, 9.17) is 4.74 Å². The number of halogens is 1. The number of carbonyl (C=O) groups is 1. The second kappa shape index (κ2) is 6.96. The quantitative estimate of drug-likeness (QED) is 0.799. The molecule has 6 nitrogen and oxygen atoms in total. The van der Waals surface area contributed by atoms with Gasteiger partial charge in [-0.05, 0) is 31.5 Å². The van der Waals surface area contributed by atoms with Crippen LogP contribution in [0.15, 0.2) is 29.1 Å². The lowest BCUT2D eigenvalue weighted by Crippen LogP contribution is -2.40. The van der Waals surface area contributed by atoms with E-state index < -0.39 is 11.8 Å². The number of benzene rings is 1. The molecule has 1 aromatic carbocycles. The first-order valence-corrected chi connectivity index (χ1v) is 8.10. The van der Waals surface area contributed by atoms with E-state index in [1.54, 1.807) is 19.1 Å². The highest BCUT2D eigenvalue weighted by Crippen LogP contribution is 2.33. The Kier molecular flexibility index (Phi) is 4.74. The van der Waals surface area contributed by atoms with Crippen molar-refractivity contribution in [2.24, 2.45) is 0 Å². The third kappa shape index (κ3) is 3.65. The fourth-order valence-corrected chi connectivity index (χ4v) is 3.02. The number of amides is 2. The van der Waals surface area contributed by atoms with Gasteiger partial charge in [0, 0.05) is 23.2 Å². The molecule has 0 radical (unpaired) electrons. The molecule has 3 N–H and O–H groups in total. The van der Waals surface area contributed by atoms with Crippen molar-refractivity contribution >= 4 is 6.03 Å². The van der Waals surface area contributed by atoms with E-state index in [0.717, 1.165) is 11.3 Å². The Morgan fingerprint density at radius 1 is 1.40 bits per heavy atom. The monoisotopic (exact) mass is 345 g/mol. The molecule has 0 spiro atoms. The Labute approximate surface area is 144 Å². The van der Waals surface area contributed by atoms with E-state index >= 15 is 0 Å². The highest BCUT2D eigenvalue weighted by atomic mass is 19.1. The van der Waals surface area contributed by atoms with Crippen LogP contribution in [-0.2, 0) is 6.54 Å². The first kappa shape index (κ1) is 17.0. The number of hydrogen-bond acceptors (Lipinski definition) is 3. The van der Waals surface area contributed by atoms with Crippen LogP contribution in [0.1, 0.15) is 34.8 Å². The molecule has 1 unspecified atom stereocenters. The summed E-state index contributed by atoms with van der Waals surface area (Å²) in [5, 5.41) is 5.50. The summed E-state index contributed by atoms with van der Waals surface area (Å²) in [4.78, 5) is 26.9. The molecular weight excluding hydrogens is 325 g/mol. The van der Waals surface area contributed by atoms with E-state index in [0.29, 0.717) is 24.2 Å². The zero-order valence-corrected chi connectivity index (χ0v) is 14.1. The number of fused-ring (bicyclic) bond motifs is 1. The summed E-state index contributed by atoms with van der Waals surface area (Å²) in [5.41, 5.74) is 2.51. The highest BCUT2D eigenvalue weighted by molar-refractivity contribution is 5.74. The Morgan fingerprint density at radius 3 is 2.96 bits per heavy atom. The van der Waals surface area contributed by atoms with Crippen molar-refractivity contribution in [2.45, 2.75) is 32.9 Å². The predicted octanol–water partition coefficient (Wildman–Crippen LogP) is 2.45. The molecule has 0 bridgehead atoms. The maximum atomic E-state index is 13.8. The lowest BCUT2D eigenvalue weighted by Gasteiger charge is -2.27. The van der Waals surface area contributed by atoms with Crippen molar-refractivity contribution < 1.29 is 13.9 Å². The van der Waals surface area contributed by atoms with Crippen LogP contribution in [0.4, 0.5) is 9.18 Å². The van der Waals surface area contributed by atoms with Crippen molar-refractivity contribution in [3.05, 3.63) is 62.8 Å².